The third kappa shape index (κ3) is 3.92. The molecule has 0 aliphatic carbocycles. The van der Waals surface area contributed by atoms with Gasteiger partial charge in [-0.15, -0.1) is 0 Å². The summed E-state index contributed by atoms with van der Waals surface area (Å²) >= 11 is 0. The van der Waals surface area contributed by atoms with Crippen molar-refractivity contribution in [3.05, 3.63) is 48.0 Å². The standard InChI is InChI=1S/C19H22N2O3/c1-14(22)20-12-19(23)21-9-10-24-17(13-21)11-16-7-4-6-15-5-2-3-8-18(15)16/h2-8,17H,9-13H2,1H3,(H,20,22)/t17-/m1/s1. The number of carbonyl (C=O) groups is 2. The molecular formula is C19H22N2O3. The Morgan fingerprint density at radius 3 is 2.83 bits per heavy atom. The lowest BCUT2D eigenvalue weighted by Gasteiger charge is -2.33. The summed E-state index contributed by atoms with van der Waals surface area (Å²) in [6, 6.07) is 14.6. The van der Waals surface area contributed by atoms with Gasteiger partial charge in [-0.25, -0.2) is 0 Å². The van der Waals surface area contributed by atoms with Crippen molar-refractivity contribution in [3.63, 3.8) is 0 Å². The fourth-order valence-electron chi connectivity index (χ4n) is 3.10. The Bertz CT molecular complexity index is 739. The van der Waals surface area contributed by atoms with Crippen LogP contribution in [0.5, 0.6) is 0 Å². The fraction of sp³-hybridized carbons (Fsp3) is 0.368. The highest BCUT2D eigenvalue weighted by Gasteiger charge is 2.24. The molecule has 5 nitrogen and oxygen atoms in total. The summed E-state index contributed by atoms with van der Waals surface area (Å²) < 4.78 is 5.86. The minimum absolute atomic E-state index is 0.0224. The zero-order chi connectivity index (χ0) is 16.9. The minimum Gasteiger partial charge on any atom is -0.374 e. The van der Waals surface area contributed by atoms with Crippen LogP contribution in [0.25, 0.3) is 10.8 Å². The van der Waals surface area contributed by atoms with E-state index in [9.17, 15) is 9.59 Å². The van der Waals surface area contributed by atoms with Crippen molar-refractivity contribution in [2.24, 2.45) is 0 Å². The van der Waals surface area contributed by atoms with Crippen LogP contribution in [0.3, 0.4) is 0 Å². The second-order valence-corrected chi connectivity index (χ2v) is 6.08. The molecule has 1 aliphatic heterocycles. The van der Waals surface area contributed by atoms with E-state index in [1.807, 2.05) is 12.1 Å². The molecule has 2 aromatic carbocycles. The zero-order valence-corrected chi connectivity index (χ0v) is 13.8. The van der Waals surface area contributed by atoms with E-state index in [1.165, 1.54) is 23.3 Å². The zero-order valence-electron chi connectivity index (χ0n) is 13.8. The van der Waals surface area contributed by atoms with Crippen LogP contribution in [0.2, 0.25) is 0 Å². The van der Waals surface area contributed by atoms with E-state index in [4.69, 9.17) is 4.74 Å². The van der Waals surface area contributed by atoms with Gasteiger partial charge in [0.25, 0.3) is 0 Å². The SMILES string of the molecule is CC(=O)NCC(=O)N1CCO[C@H](Cc2cccc3ccccc23)C1. The van der Waals surface area contributed by atoms with Gasteiger partial charge in [0.2, 0.25) is 11.8 Å². The number of ether oxygens (including phenoxy) is 1. The lowest BCUT2D eigenvalue weighted by Crippen LogP contribution is -2.49. The van der Waals surface area contributed by atoms with Crippen LogP contribution in [0, 0.1) is 0 Å². The molecule has 1 atom stereocenters. The molecule has 1 fully saturated rings. The topological polar surface area (TPSA) is 58.6 Å². The van der Waals surface area contributed by atoms with E-state index in [0.717, 1.165) is 6.42 Å². The summed E-state index contributed by atoms with van der Waals surface area (Å²) in [4.78, 5) is 24.9. The molecule has 3 rings (SSSR count). The second-order valence-electron chi connectivity index (χ2n) is 6.08. The van der Waals surface area contributed by atoms with Crippen LogP contribution in [0.1, 0.15) is 12.5 Å². The average Bonchev–Trinajstić information content (AvgIpc) is 2.60. The number of hydrogen-bond acceptors (Lipinski definition) is 3. The van der Waals surface area contributed by atoms with Gasteiger partial charge in [0.1, 0.15) is 0 Å². The highest BCUT2D eigenvalue weighted by molar-refractivity contribution is 5.86. The molecule has 24 heavy (non-hydrogen) atoms. The van der Waals surface area contributed by atoms with Gasteiger partial charge in [-0.2, -0.15) is 0 Å². The fourth-order valence-corrected chi connectivity index (χ4v) is 3.10. The van der Waals surface area contributed by atoms with Crippen molar-refractivity contribution in [2.75, 3.05) is 26.2 Å². The Labute approximate surface area is 141 Å². The van der Waals surface area contributed by atoms with Gasteiger partial charge in [-0.1, -0.05) is 42.5 Å². The number of amides is 2. The lowest BCUT2D eigenvalue weighted by atomic mass is 9.99. The van der Waals surface area contributed by atoms with E-state index in [2.05, 4.69) is 35.6 Å². The molecule has 2 amide bonds. The Morgan fingerprint density at radius 2 is 2.00 bits per heavy atom. The predicted molar refractivity (Wildman–Crippen MR) is 92.7 cm³/mol. The predicted octanol–water partition coefficient (Wildman–Crippen LogP) is 1.75. The van der Waals surface area contributed by atoms with E-state index >= 15 is 0 Å². The van der Waals surface area contributed by atoms with Crippen molar-refractivity contribution in [1.29, 1.82) is 0 Å². The van der Waals surface area contributed by atoms with Crippen LogP contribution in [0.4, 0.5) is 0 Å². The highest BCUT2D eigenvalue weighted by atomic mass is 16.5. The van der Waals surface area contributed by atoms with E-state index in [0.29, 0.717) is 19.7 Å². The molecule has 1 heterocycles. The van der Waals surface area contributed by atoms with Crippen molar-refractivity contribution in [2.45, 2.75) is 19.4 Å². The Balaban J connectivity index is 1.66. The molecule has 0 saturated carbocycles. The van der Waals surface area contributed by atoms with Crippen LogP contribution >= 0.6 is 0 Å². The monoisotopic (exact) mass is 326 g/mol. The number of carbonyl (C=O) groups excluding carboxylic acids is 2. The first-order valence-electron chi connectivity index (χ1n) is 8.24. The molecule has 1 aliphatic rings. The molecule has 2 aromatic rings. The van der Waals surface area contributed by atoms with Crippen molar-refractivity contribution < 1.29 is 14.3 Å². The van der Waals surface area contributed by atoms with Gasteiger partial charge in [-0.3, -0.25) is 9.59 Å². The molecule has 0 aromatic heterocycles. The number of fused-ring (bicyclic) bond motifs is 1. The number of nitrogens with zero attached hydrogens (tertiary/aromatic N) is 1. The van der Waals surface area contributed by atoms with Crippen molar-refractivity contribution in [3.8, 4) is 0 Å². The van der Waals surface area contributed by atoms with E-state index < -0.39 is 0 Å². The molecular weight excluding hydrogens is 304 g/mol. The maximum Gasteiger partial charge on any atom is 0.242 e. The largest absolute Gasteiger partial charge is 0.374 e. The summed E-state index contributed by atoms with van der Waals surface area (Å²) in [5, 5.41) is 5.00. The first kappa shape index (κ1) is 16.5. The van der Waals surface area contributed by atoms with Gasteiger partial charge in [-0.05, 0) is 16.3 Å². The van der Waals surface area contributed by atoms with Crippen LogP contribution in [-0.4, -0.2) is 49.1 Å². The number of rotatable bonds is 4. The first-order chi connectivity index (χ1) is 11.6. The summed E-state index contributed by atoms with van der Waals surface area (Å²) in [7, 11) is 0. The Kier molecular flexibility index (Phi) is 5.11. The Morgan fingerprint density at radius 1 is 1.21 bits per heavy atom. The molecule has 1 saturated heterocycles. The maximum atomic E-state index is 12.2. The molecule has 126 valence electrons. The first-order valence-corrected chi connectivity index (χ1v) is 8.24. The molecule has 0 spiro atoms. The molecule has 0 radical (unpaired) electrons. The summed E-state index contributed by atoms with van der Waals surface area (Å²) in [5.74, 6) is -0.250. The normalized spacial score (nSPS) is 17.7. The maximum absolute atomic E-state index is 12.2. The highest BCUT2D eigenvalue weighted by Crippen LogP contribution is 2.21. The van der Waals surface area contributed by atoms with Gasteiger partial charge in [0.05, 0.1) is 19.3 Å². The number of benzene rings is 2. The van der Waals surface area contributed by atoms with Gasteiger partial charge >= 0.3 is 0 Å². The van der Waals surface area contributed by atoms with E-state index in [1.54, 1.807) is 4.90 Å². The van der Waals surface area contributed by atoms with Gasteiger partial charge in [0, 0.05) is 26.4 Å². The van der Waals surface area contributed by atoms with Crippen molar-refractivity contribution >= 4 is 22.6 Å². The number of hydrogen-bond donors (Lipinski definition) is 1. The quantitative estimate of drug-likeness (QED) is 0.931. The third-order valence-corrected chi connectivity index (χ3v) is 4.31. The van der Waals surface area contributed by atoms with Gasteiger partial charge < -0.3 is 15.0 Å². The lowest BCUT2D eigenvalue weighted by molar-refractivity contribution is -0.139. The molecule has 0 unspecified atom stereocenters. The van der Waals surface area contributed by atoms with E-state index in [-0.39, 0.29) is 24.5 Å². The minimum atomic E-state index is -0.191. The second kappa shape index (κ2) is 7.45. The van der Waals surface area contributed by atoms with Crippen LogP contribution in [0.15, 0.2) is 42.5 Å². The average molecular weight is 326 g/mol. The number of morpholine rings is 1. The summed E-state index contributed by atoms with van der Waals surface area (Å²) in [6.07, 6.45) is 0.747. The van der Waals surface area contributed by atoms with Crippen molar-refractivity contribution in [1.82, 2.24) is 10.2 Å². The Hall–Kier alpha value is -2.40. The molecule has 1 N–H and O–H groups in total. The third-order valence-electron chi connectivity index (χ3n) is 4.31. The molecule has 0 bridgehead atoms. The van der Waals surface area contributed by atoms with Crippen LogP contribution < -0.4 is 5.32 Å². The molecule has 5 heteroatoms. The van der Waals surface area contributed by atoms with Gasteiger partial charge in [0.15, 0.2) is 0 Å². The summed E-state index contributed by atoms with van der Waals surface area (Å²) in [5.41, 5.74) is 1.23. The smallest absolute Gasteiger partial charge is 0.242 e. The number of nitrogens with one attached hydrogen (secondary N) is 1. The van der Waals surface area contributed by atoms with Crippen LogP contribution in [-0.2, 0) is 20.7 Å². The summed E-state index contributed by atoms with van der Waals surface area (Å²) in [6.45, 7) is 3.12.